The van der Waals surface area contributed by atoms with E-state index in [9.17, 15) is 4.39 Å². The molecule has 0 spiro atoms. The van der Waals surface area contributed by atoms with E-state index in [1.807, 2.05) is 13.0 Å². The first-order valence-electron chi connectivity index (χ1n) is 7.06. The van der Waals surface area contributed by atoms with Crippen LogP contribution in [-0.2, 0) is 12.8 Å². The van der Waals surface area contributed by atoms with Gasteiger partial charge in [-0.15, -0.1) is 0 Å². The van der Waals surface area contributed by atoms with Gasteiger partial charge in [0.1, 0.15) is 5.82 Å². The number of nitrogens with zero attached hydrogens (tertiary/aromatic N) is 1. The number of hydrogen-bond acceptors (Lipinski definition) is 2. The summed E-state index contributed by atoms with van der Waals surface area (Å²) in [7, 11) is 0. The molecule has 0 saturated heterocycles. The highest BCUT2D eigenvalue weighted by Crippen LogP contribution is 2.34. The average molecular weight is 258 g/mol. The van der Waals surface area contributed by atoms with E-state index >= 15 is 0 Å². The molecule has 0 aliphatic heterocycles. The molecule has 1 aliphatic carbocycles. The van der Waals surface area contributed by atoms with Crippen molar-refractivity contribution in [2.24, 2.45) is 0 Å². The Balaban J connectivity index is 2.32. The molecule has 0 fully saturated rings. The SMILES string of the molecule is CCNc1c2c(nc3cc(F)c(C)cc13)CCCC2. The van der Waals surface area contributed by atoms with E-state index in [1.54, 1.807) is 6.07 Å². The van der Waals surface area contributed by atoms with E-state index in [-0.39, 0.29) is 5.82 Å². The van der Waals surface area contributed by atoms with E-state index in [4.69, 9.17) is 0 Å². The number of rotatable bonds is 2. The molecule has 0 amide bonds. The van der Waals surface area contributed by atoms with Crippen LogP contribution in [0.25, 0.3) is 10.9 Å². The normalized spacial score (nSPS) is 14.5. The minimum atomic E-state index is -0.168. The van der Waals surface area contributed by atoms with Gasteiger partial charge in [0.15, 0.2) is 0 Å². The van der Waals surface area contributed by atoms with Crippen LogP contribution in [-0.4, -0.2) is 11.5 Å². The van der Waals surface area contributed by atoms with Crippen LogP contribution >= 0.6 is 0 Å². The monoisotopic (exact) mass is 258 g/mol. The molecule has 100 valence electrons. The molecule has 2 aromatic rings. The zero-order valence-electron chi connectivity index (χ0n) is 11.5. The van der Waals surface area contributed by atoms with Crippen molar-refractivity contribution in [1.29, 1.82) is 0 Å². The molecule has 0 atom stereocenters. The van der Waals surface area contributed by atoms with Gasteiger partial charge in [0.05, 0.1) is 5.52 Å². The minimum Gasteiger partial charge on any atom is -0.384 e. The second-order valence-electron chi connectivity index (χ2n) is 5.27. The lowest BCUT2D eigenvalue weighted by Crippen LogP contribution is -2.11. The Kier molecular flexibility index (Phi) is 3.13. The topological polar surface area (TPSA) is 24.9 Å². The number of benzene rings is 1. The highest BCUT2D eigenvalue weighted by atomic mass is 19.1. The summed E-state index contributed by atoms with van der Waals surface area (Å²) in [6.45, 7) is 4.78. The number of pyridine rings is 1. The maximum Gasteiger partial charge on any atom is 0.128 e. The summed E-state index contributed by atoms with van der Waals surface area (Å²) in [4.78, 5) is 4.68. The van der Waals surface area contributed by atoms with Crippen molar-refractivity contribution < 1.29 is 4.39 Å². The van der Waals surface area contributed by atoms with Gasteiger partial charge in [-0.25, -0.2) is 4.39 Å². The van der Waals surface area contributed by atoms with Crippen LogP contribution in [0.5, 0.6) is 0 Å². The number of fused-ring (bicyclic) bond motifs is 2. The molecular formula is C16H19FN2. The maximum atomic E-state index is 13.7. The highest BCUT2D eigenvalue weighted by molar-refractivity contribution is 5.94. The third-order valence-corrected chi connectivity index (χ3v) is 3.90. The van der Waals surface area contributed by atoms with E-state index in [1.165, 1.54) is 24.1 Å². The van der Waals surface area contributed by atoms with Crippen molar-refractivity contribution >= 4 is 16.6 Å². The number of halogens is 1. The van der Waals surface area contributed by atoms with Gasteiger partial charge < -0.3 is 5.32 Å². The van der Waals surface area contributed by atoms with Crippen LogP contribution in [0.4, 0.5) is 10.1 Å². The molecule has 19 heavy (non-hydrogen) atoms. The van der Waals surface area contributed by atoms with E-state index in [2.05, 4.69) is 17.2 Å². The van der Waals surface area contributed by atoms with Crippen molar-refractivity contribution in [2.45, 2.75) is 39.5 Å². The highest BCUT2D eigenvalue weighted by Gasteiger charge is 2.18. The first-order valence-corrected chi connectivity index (χ1v) is 7.06. The molecule has 0 saturated carbocycles. The van der Waals surface area contributed by atoms with Crippen molar-refractivity contribution in [2.75, 3.05) is 11.9 Å². The molecule has 1 aromatic heterocycles. The molecule has 3 heteroatoms. The van der Waals surface area contributed by atoms with Crippen LogP contribution in [0.1, 0.15) is 36.6 Å². The fourth-order valence-electron chi connectivity index (χ4n) is 2.93. The number of aryl methyl sites for hydroxylation is 2. The van der Waals surface area contributed by atoms with Crippen molar-refractivity contribution in [3.63, 3.8) is 0 Å². The predicted molar refractivity (Wildman–Crippen MR) is 77.2 cm³/mol. The number of hydrogen-bond donors (Lipinski definition) is 1. The summed E-state index contributed by atoms with van der Waals surface area (Å²) in [5.74, 6) is -0.168. The van der Waals surface area contributed by atoms with E-state index in [0.717, 1.165) is 36.0 Å². The second kappa shape index (κ2) is 4.80. The Morgan fingerprint density at radius 3 is 2.84 bits per heavy atom. The van der Waals surface area contributed by atoms with Gasteiger partial charge >= 0.3 is 0 Å². The van der Waals surface area contributed by atoms with Gasteiger partial charge in [-0.05, 0) is 56.7 Å². The number of aromatic nitrogens is 1. The Hall–Kier alpha value is -1.64. The van der Waals surface area contributed by atoms with Gasteiger partial charge in [0.25, 0.3) is 0 Å². The lowest BCUT2D eigenvalue weighted by molar-refractivity contribution is 0.619. The largest absolute Gasteiger partial charge is 0.384 e. The summed E-state index contributed by atoms with van der Waals surface area (Å²) < 4.78 is 13.7. The van der Waals surface area contributed by atoms with E-state index in [0.29, 0.717) is 5.56 Å². The summed E-state index contributed by atoms with van der Waals surface area (Å²) >= 11 is 0. The van der Waals surface area contributed by atoms with Crippen LogP contribution in [0.3, 0.4) is 0 Å². The molecule has 1 aromatic carbocycles. The summed E-state index contributed by atoms with van der Waals surface area (Å²) in [5, 5.41) is 4.52. The molecule has 0 unspecified atom stereocenters. The van der Waals surface area contributed by atoms with Gasteiger partial charge in [-0.2, -0.15) is 0 Å². The van der Waals surface area contributed by atoms with Gasteiger partial charge in [0, 0.05) is 29.4 Å². The smallest absolute Gasteiger partial charge is 0.128 e. The quantitative estimate of drug-likeness (QED) is 0.881. The Morgan fingerprint density at radius 2 is 2.05 bits per heavy atom. The average Bonchev–Trinajstić information content (AvgIpc) is 2.41. The Morgan fingerprint density at radius 1 is 1.26 bits per heavy atom. The third-order valence-electron chi connectivity index (χ3n) is 3.90. The zero-order valence-corrected chi connectivity index (χ0v) is 11.5. The van der Waals surface area contributed by atoms with Crippen LogP contribution in [0.15, 0.2) is 12.1 Å². The lowest BCUT2D eigenvalue weighted by Gasteiger charge is -2.21. The predicted octanol–water partition coefficient (Wildman–Crippen LogP) is 3.99. The Bertz CT molecular complexity index is 634. The molecular weight excluding hydrogens is 239 g/mol. The van der Waals surface area contributed by atoms with E-state index < -0.39 is 0 Å². The molecule has 3 rings (SSSR count). The fourth-order valence-corrected chi connectivity index (χ4v) is 2.93. The summed E-state index contributed by atoms with van der Waals surface area (Å²) in [6.07, 6.45) is 4.50. The van der Waals surface area contributed by atoms with Gasteiger partial charge in [-0.1, -0.05) is 0 Å². The van der Waals surface area contributed by atoms with Crippen LogP contribution in [0.2, 0.25) is 0 Å². The minimum absolute atomic E-state index is 0.168. The number of nitrogens with one attached hydrogen (secondary N) is 1. The molecule has 0 radical (unpaired) electrons. The summed E-state index contributed by atoms with van der Waals surface area (Å²) in [6, 6.07) is 3.49. The Labute approximate surface area is 113 Å². The van der Waals surface area contributed by atoms with Crippen molar-refractivity contribution in [3.05, 3.63) is 34.8 Å². The number of anilines is 1. The molecule has 1 N–H and O–H groups in total. The van der Waals surface area contributed by atoms with Crippen molar-refractivity contribution in [3.8, 4) is 0 Å². The molecule has 1 aliphatic rings. The maximum absolute atomic E-state index is 13.7. The van der Waals surface area contributed by atoms with Gasteiger partial charge in [-0.3, -0.25) is 4.98 Å². The van der Waals surface area contributed by atoms with Gasteiger partial charge in [0.2, 0.25) is 0 Å². The zero-order chi connectivity index (χ0) is 13.4. The summed E-state index contributed by atoms with van der Waals surface area (Å²) in [5.41, 5.74) is 5.12. The standard InChI is InChI=1S/C16H19FN2/c1-3-18-16-11-6-4-5-7-14(11)19-15-9-13(17)10(2)8-12(15)16/h8-9H,3-7H2,1-2H3,(H,18,19). The van der Waals surface area contributed by atoms with Crippen molar-refractivity contribution in [1.82, 2.24) is 4.98 Å². The second-order valence-corrected chi connectivity index (χ2v) is 5.27. The molecule has 1 heterocycles. The lowest BCUT2D eigenvalue weighted by atomic mass is 9.92. The molecule has 0 bridgehead atoms. The third kappa shape index (κ3) is 2.07. The first-order chi connectivity index (χ1) is 9.20. The molecule has 2 nitrogen and oxygen atoms in total. The van der Waals surface area contributed by atoms with Crippen LogP contribution < -0.4 is 5.32 Å². The van der Waals surface area contributed by atoms with Crippen LogP contribution in [0, 0.1) is 12.7 Å². The first kappa shape index (κ1) is 12.4. The fraction of sp³-hybridized carbons (Fsp3) is 0.438.